The fraction of sp³-hybridized carbons (Fsp3) is 0.467. The molecule has 88 valence electrons. The minimum absolute atomic E-state index is 0.227. The molecule has 1 heteroatoms. The van der Waals surface area contributed by atoms with E-state index in [-0.39, 0.29) is 5.92 Å². The lowest BCUT2D eigenvalue weighted by Crippen LogP contribution is -2.20. The van der Waals surface area contributed by atoms with E-state index in [2.05, 4.69) is 44.7 Å². The lowest BCUT2D eigenvalue weighted by atomic mass is 9.92. The first-order chi connectivity index (χ1) is 7.54. The highest BCUT2D eigenvalue weighted by Gasteiger charge is 2.14. The Kier molecular flexibility index (Phi) is 4.75. The van der Waals surface area contributed by atoms with Crippen LogP contribution in [-0.2, 0) is 12.8 Å². The molecule has 1 aromatic rings. The summed E-state index contributed by atoms with van der Waals surface area (Å²) < 4.78 is 0. The monoisotopic (exact) mass is 218 g/mol. The maximum atomic E-state index is 9.86. The van der Waals surface area contributed by atoms with Gasteiger partial charge in [0.25, 0.3) is 0 Å². The Bertz CT molecular complexity index is 337. The van der Waals surface area contributed by atoms with Crippen LogP contribution in [0.4, 0.5) is 0 Å². The van der Waals surface area contributed by atoms with Crippen LogP contribution in [0, 0.1) is 5.92 Å². The van der Waals surface area contributed by atoms with Crippen LogP contribution in [0.3, 0.4) is 0 Å². The summed E-state index contributed by atoms with van der Waals surface area (Å²) in [4.78, 5) is 0. The summed E-state index contributed by atoms with van der Waals surface area (Å²) in [5.41, 5.74) is 3.49. The van der Waals surface area contributed by atoms with Crippen molar-refractivity contribution in [2.24, 2.45) is 5.92 Å². The highest BCUT2D eigenvalue weighted by molar-refractivity contribution is 5.23. The molecule has 0 unspecified atom stereocenters. The summed E-state index contributed by atoms with van der Waals surface area (Å²) in [5.74, 6) is 0.227. The number of aliphatic hydroxyl groups is 1. The Morgan fingerprint density at radius 1 is 1.25 bits per heavy atom. The minimum atomic E-state index is -0.397. The second kappa shape index (κ2) is 5.86. The van der Waals surface area contributed by atoms with Crippen LogP contribution in [0.5, 0.6) is 0 Å². The Hall–Kier alpha value is -1.08. The number of hydrogen-bond donors (Lipinski definition) is 1. The van der Waals surface area contributed by atoms with Gasteiger partial charge in [0.2, 0.25) is 0 Å². The molecule has 0 saturated heterocycles. The van der Waals surface area contributed by atoms with Crippen molar-refractivity contribution < 1.29 is 5.11 Å². The molecule has 0 aliphatic heterocycles. The van der Waals surface area contributed by atoms with E-state index in [1.807, 2.05) is 6.92 Å². The first kappa shape index (κ1) is 13.0. The van der Waals surface area contributed by atoms with Gasteiger partial charge in [0, 0.05) is 0 Å². The molecule has 0 heterocycles. The summed E-state index contributed by atoms with van der Waals surface area (Å²) in [6.07, 6.45) is 1.58. The van der Waals surface area contributed by atoms with Gasteiger partial charge in [-0.15, -0.1) is 0 Å². The van der Waals surface area contributed by atoms with E-state index in [1.165, 1.54) is 11.1 Å². The zero-order chi connectivity index (χ0) is 12.1. The largest absolute Gasteiger partial charge is 0.388 e. The van der Waals surface area contributed by atoms with Gasteiger partial charge < -0.3 is 5.11 Å². The van der Waals surface area contributed by atoms with Crippen LogP contribution in [0.2, 0.25) is 0 Å². The first-order valence-electron chi connectivity index (χ1n) is 5.95. The second-order valence-corrected chi connectivity index (χ2v) is 4.64. The molecule has 2 atom stereocenters. The zero-order valence-corrected chi connectivity index (χ0v) is 10.5. The third-order valence-corrected chi connectivity index (χ3v) is 3.03. The third-order valence-electron chi connectivity index (χ3n) is 3.03. The first-order valence-corrected chi connectivity index (χ1v) is 5.95. The number of rotatable bonds is 5. The van der Waals surface area contributed by atoms with E-state index in [0.717, 1.165) is 18.4 Å². The smallest absolute Gasteiger partial charge is 0.0773 e. The molecule has 1 nitrogen and oxygen atoms in total. The van der Waals surface area contributed by atoms with Gasteiger partial charge in [0.15, 0.2) is 0 Å². The maximum Gasteiger partial charge on any atom is 0.0773 e. The molecule has 0 aliphatic carbocycles. The van der Waals surface area contributed by atoms with Crippen LogP contribution in [0.25, 0.3) is 0 Å². The van der Waals surface area contributed by atoms with Gasteiger partial charge in [-0.2, -0.15) is 0 Å². The van der Waals surface area contributed by atoms with Crippen molar-refractivity contribution in [3.05, 3.63) is 47.5 Å². The number of aryl methyl sites for hydroxylation is 1. The molecule has 0 aromatic heterocycles. The average molecular weight is 218 g/mol. The van der Waals surface area contributed by atoms with Crippen molar-refractivity contribution in [2.45, 2.75) is 39.7 Å². The molecule has 0 bridgehead atoms. The topological polar surface area (TPSA) is 20.2 Å². The standard InChI is InChI=1S/C15H22O/c1-5-13-6-8-14(9-7-13)10-12(4)15(16)11(2)3/h6-9,12,15-16H,2,5,10H2,1,3-4H3/t12-,15+/m0/s1. The molecule has 1 N–H and O–H groups in total. The summed E-state index contributed by atoms with van der Waals surface area (Å²) in [7, 11) is 0. The van der Waals surface area contributed by atoms with E-state index in [0.29, 0.717) is 0 Å². The highest BCUT2D eigenvalue weighted by Crippen LogP contribution is 2.17. The van der Waals surface area contributed by atoms with Crippen molar-refractivity contribution in [3.63, 3.8) is 0 Å². The van der Waals surface area contributed by atoms with Crippen LogP contribution in [-0.4, -0.2) is 11.2 Å². The van der Waals surface area contributed by atoms with E-state index in [1.54, 1.807) is 0 Å². The van der Waals surface area contributed by atoms with Crippen molar-refractivity contribution >= 4 is 0 Å². The molecule has 0 aliphatic rings. The fourth-order valence-corrected chi connectivity index (χ4v) is 1.88. The summed E-state index contributed by atoms with van der Waals surface area (Å²) in [5, 5.41) is 9.86. The summed E-state index contributed by atoms with van der Waals surface area (Å²) in [6, 6.07) is 8.63. The number of aliphatic hydroxyl groups excluding tert-OH is 1. The highest BCUT2D eigenvalue weighted by atomic mass is 16.3. The van der Waals surface area contributed by atoms with Gasteiger partial charge in [-0.1, -0.05) is 50.3 Å². The van der Waals surface area contributed by atoms with Crippen LogP contribution >= 0.6 is 0 Å². The Balaban J connectivity index is 2.62. The van der Waals surface area contributed by atoms with Crippen LogP contribution in [0.15, 0.2) is 36.4 Å². The summed E-state index contributed by atoms with van der Waals surface area (Å²) in [6.45, 7) is 9.89. The van der Waals surface area contributed by atoms with Crippen LogP contribution < -0.4 is 0 Å². The molecule has 16 heavy (non-hydrogen) atoms. The number of hydrogen-bond acceptors (Lipinski definition) is 1. The number of benzene rings is 1. The normalized spacial score (nSPS) is 14.5. The SMILES string of the molecule is C=C(C)[C@@H](O)[C@@H](C)Cc1ccc(CC)cc1. The molecular formula is C15H22O. The third kappa shape index (κ3) is 3.49. The molecule has 0 fully saturated rings. The van der Waals surface area contributed by atoms with Crippen LogP contribution in [0.1, 0.15) is 31.9 Å². The van der Waals surface area contributed by atoms with Gasteiger partial charge in [-0.25, -0.2) is 0 Å². The zero-order valence-electron chi connectivity index (χ0n) is 10.5. The maximum absolute atomic E-state index is 9.86. The molecule has 0 saturated carbocycles. The molecular weight excluding hydrogens is 196 g/mol. The predicted molar refractivity (Wildman–Crippen MR) is 69.5 cm³/mol. The van der Waals surface area contributed by atoms with Crippen molar-refractivity contribution in [2.75, 3.05) is 0 Å². The molecule has 1 rings (SSSR count). The Labute approximate surface area is 98.8 Å². The van der Waals surface area contributed by atoms with Crippen molar-refractivity contribution in [3.8, 4) is 0 Å². The van der Waals surface area contributed by atoms with Crippen molar-refractivity contribution in [1.29, 1.82) is 0 Å². The van der Waals surface area contributed by atoms with Gasteiger partial charge in [0.05, 0.1) is 6.10 Å². The predicted octanol–water partition coefficient (Wildman–Crippen LogP) is 3.36. The lowest BCUT2D eigenvalue weighted by Gasteiger charge is -2.19. The Morgan fingerprint density at radius 3 is 2.19 bits per heavy atom. The quantitative estimate of drug-likeness (QED) is 0.751. The van der Waals surface area contributed by atoms with E-state index in [4.69, 9.17) is 0 Å². The van der Waals surface area contributed by atoms with E-state index < -0.39 is 6.10 Å². The van der Waals surface area contributed by atoms with Gasteiger partial charge in [-0.05, 0) is 36.8 Å². The van der Waals surface area contributed by atoms with Crippen molar-refractivity contribution in [1.82, 2.24) is 0 Å². The molecule has 1 aromatic carbocycles. The molecule has 0 radical (unpaired) electrons. The molecule has 0 amide bonds. The van der Waals surface area contributed by atoms with Gasteiger partial charge in [0.1, 0.15) is 0 Å². The second-order valence-electron chi connectivity index (χ2n) is 4.64. The Morgan fingerprint density at radius 2 is 1.75 bits per heavy atom. The van der Waals surface area contributed by atoms with E-state index >= 15 is 0 Å². The summed E-state index contributed by atoms with van der Waals surface area (Å²) >= 11 is 0. The molecule has 0 spiro atoms. The lowest BCUT2D eigenvalue weighted by molar-refractivity contribution is 0.151. The minimum Gasteiger partial charge on any atom is -0.388 e. The van der Waals surface area contributed by atoms with Gasteiger partial charge in [-0.3, -0.25) is 0 Å². The average Bonchev–Trinajstić information content (AvgIpc) is 2.28. The fourth-order valence-electron chi connectivity index (χ4n) is 1.88. The van der Waals surface area contributed by atoms with E-state index in [9.17, 15) is 5.11 Å². The van der Waals surface area contributed by atoms with Gasteiger partial charge >= 0.3 is 0 Å².